The second kappa shape index (κ2) is 4.84. The number of rotatable bonds is 3. The van der Waals surface area contributed by atoms with E-state index in [4.69, 9.17) is 0 Å². The number of non-ortho nitro benzene ring substituents is 1. The van der Waals surface area contributed by atoms with Crippen molar-refractivity contribution in [3.8, 4) is 0 Å². The lowest BCUT2D eigenvalue weighted by atomic mass is 10.1. The van der Waals surface area contributed by atoms with Gasteiger partial charge in [-0.05, 0) is 12.5 Å². The van der Waals surface area contributed by atoms with Gasteiger partial charge < -0.3 is 9.84 Å². The van der Waals surface area contributed by atoms with E-state index < -0.39 is 22.2 Å². The maximum Gasteiger partial charge on any atom is 0.270 e. The van der Waals surface area contributed by atoms with Crippen molar-refractivity contribution >= 4 is 17.3 Å². The molecule has 7 nitrogen and oxygen atoms in total. The van der Waals surface area contributed by atoms with Gasteiger partial charge in [-0.1, -0.05) is 5.16 Å². The van der Waals surface area contributed by atoms with Crippen LogP contribution in [0.1, 0.15) is 15.9 Å². The molecule has 0 spiro atoms. The van der Waals surface area contributed by atoms with Crippen LogP contribution in [0, 0.1) is 22.9 Å². The number of hydrogen-bond acceptors (Lipinski definition) is 5. The van der Waals surface area contributed by atoms with Gasteiger partial charge in [0, 0.05) is 12.1 Å². The van der Waals surface area contributed by atoms with E-state index in [0.29, 0.717) is 0 Å². The fraction of sp³-hybridized carbons (Fsp3) is 0.0909. The topological polar surface area (TPSA) is 98.3 Å². The molecule has 0 fully saturated rings. The number of carbonyl (C=O) groups is 1. The van der Waals surface area contributed by atoms with Crippen LogP contribution in [-0.4, -0.2) is 16.0 Å². The second-order valence-corrected chi connectivity index (χ2v) is 3.75. The quantitative estimate of drug-likeness (QED) is 0.678. The average molecular weight is 265 g/mol. The highest BCUT2D eigenvalue weighted by Crippen LogP contribution is 2.22. The fourth-order valence-corrected chi connectivity index (χ4v) is 1.49. The van der Waals surface area contributed by atoms with Crippen LogP contribution in [0.4, 0.5) is 15.8 Å². The Hall–Kier alpha value is -2.77. The number of benzene rings is 1. The van der Waals surface area contributed by atoms with Gasteiger partial charge in [-0.25, -0.2) is 4.39 Å². The number of aromatic nitrogens is 1. The van der Waals surface area contributed by atoms with E-state index in [1.165, 1.54) is 13.1 Å². The molecular weight excluding hydrogens is 257 g/mol. The molecule has 2 aromatic rings. The molecule has 1 aromatic heterocycles. The van der Waals surface area contributed by atoms with E-state index in [9.17, 15) is 19.3 Å². The minimum absolute atomic E-state index is 0.0182. The van der Waals surface area contributed by atoms with Crippen LogP contribution < -0.4 is 5.32 Å². The van der Waals surface area contributed by atoms with Crippen LogP contribution in [0.3, 0.4) is 0 Å². The van der Waals surface area contributed by atoms with Crippen molar-refractivity contribution in [2.75, 3.05) is 5.32 Å². The minimum atomic E-state index is -0.812. The Morgan fingerprint density at radius 1 is 1.53 bits per heavy atom. The average Bonchev–Trinajstić information content (AvgIpc) is 2.84. The molecule has 19 heavy (non-hydrogen) atoms. The third-order valence-electron chi connectivity index (χ3n) is 2.38. The Morgan fingerprint density at radius 2 is 2.26 bits per heavy atom. The highest BCUT2D eigenvalue weighted by molar-refractivity contribution is 6.04. The van der Waals surface area contributed by atoms with E-state index in [1.807, 2.05) is 0 Å². The summed E-state index contributed by atoms with van der Waals surface area (Å²) in [7, 11) is 0. The molecule has 1 heterocycles. The number of carbonyl (C=O) groups excluding carboxylic acids is 1. The lowest BCUT2D eigenvalue weighted by molar-refractivity contribution is -0.385. The van der Waals surface area contributed by atoms with Gasteiger partial charge in [0.2, 0.25) is 0 Å². The first-order valence-electron chi connectivity index (χ1n) is 5.14. The van der Waals surface area contributed by atoms with Gasteiger partial charge in [-0.3, -0.25) is 14.9 Å². The molecule has 0 aliphatic carbocycles. The minimum Gasteiger partial charge on any atom is -0.363 e. The van der Waals surface area contributed by atoms with Crippen molar-refractivity contribution in [1.29, 1.82) is 0 Å². The summed E-state index contributed by atoms with van der Waals surface area (Å²) in [6.45, 7) is 1.35. The highest BCUT2D eigenvalue weighted by atomic mass is 19.1. The molecule has 0 saturated heterocycles. The molecule has 8 heteroatoms. The Morgan fingerprint density at radius 3 is 2.84 bits per heavy atom. The predicted octanol–water partition coefficient (Wildman–Crippen LogP) is 2.28. The third kappa shape index (κ3) is 2.57. The van der Waals surface area contributed by atoms with E-state index >= 15 is 0 Å². The van der Waals surface area contributed by atoms with Gasteiger partial charge in [-0.15, -0.1) is 0 Å². The zero-order chi connectivity index (χ0) is 14.0. The van der Waals surface area contributed by atoms with E-state index in [2.05, 4.69) is 15.0 Å². The lowest BCUT2D eigenvalue weighted by Crippen LogP contribution is -2.14. The van der Waals surface area contributed by atoms with E-state index in [1.54, 1.807) is 0 Å². The Kier molecular flexibility index (Phi) is 3.23. The predicted molar refractivity (Wildman–Crippen MR) is 62.2 cm³/mol. The molecule has 0 atom stereocenters. The van der Waals surface area contributed by atoms with Gasteiger partial charge in [0.05, 0.1) is 16.7 Å². The first kappa shape index (κ1) is 12.7. The Balaban J connectivity index is 2.38. The van der Waals surface area contributed by atoms with Gasteiger partial charge in [-0.2, -0.15) is 0 Å². The lowest BCUT2D eigenvalue weighted by Gasteiger charge is -2.05. The molecule has 1 amide bonds. The summed E-state index contributed by atoms with van der Waals surface area (Å²) in [5.41, 5.74) is -0.513. The number of nitro groups is 1. The Bertz CT molecular complexity index is 640. The molecule has 0 radical (unpaired) electrons. The smallest absolute Gasteiger partial charge is 0.270 e. The molecule has 0 aliphatic heterocycles. The monoisotopic (exact) mass is 265 g/mol. The molecule has 2 rings (SSSR count). The van der Waals surface area contributed by atoms with Gasteiger partial charge in [0.1, 0.15) is 17.8 Å². The van der Waals surface area contributed by atoms with Gasteiger partial charge >= 0.3 is 0 Å². The number of anilines is 1. The summed E-state index contributed by atoms with van der Waals surface area (Å²) in [6.07, 6.45) is 2.38. The molecule has 0 saturated carbocycles. The molecule has 98 valence electrons. The summed E-state index contributed by atoms with van der Waals surface area (Å²) in [5, 5.41) is 16.4. The van der Waals surface area contributed by atoms with E-state index in [0.717, 1.165) is 18.4 Å². The molecule has 1 N–H and O–H groups in total. The number of aryl methyl sites for hydroxylation is 1. The SMILES string of the molecule is Cc1cc([N+](=O)[O-])cc(C(=O)Nc2cnoc2)c1F. The van der Waals surface area contributed by atoms with Crippen molar-refractivity contribution in [3.63, 3.8) is 0 Å². The van der Waals surface area contributed by atoms with Crippen LogP contribution >= 0.6 is 0 Å². The summed E-state index contributed by atoms with van der Waals surface area (Å²) in [4.78, 5) is 21.8. The number of amides is 1. The molecular formula is C11H8FN3O4. The summed E-state index contributed by atoms with van der Waals surface area (Å²) < 4.78 is 18.3. The normalized spacial score (nSPS) is 10.2. The third-order valence-corrected chi connectivity index (χ3v) is 2.38. The zero-order valence-corrected chi connectivity index (χ0v) is 9.71. The van der Waals surface area contributed by atoms with Crippen LogP contribution in [0.2, 0.25) is 0 Å². The Labute approximate surface area is 106 Å². The maximum absolute atomic E-state index is 13.8. The number of nitrogens with zero attached hydrogens (tertiary/aromatic N) is 2. The largest absolute Gasteiger partial charge is 0.363 e. The van der Waals surface area contributed by atoms with E-state index in [-0.39, 0.29) is 16.9 Å². The first-order chi connectivity index (χ1) is 8.99. The fourth-order valence-electron chi connectivity index (χ4n) is 1.49. The van der Waals surface area contributed by atoms with Crippen molar-refractivity contribution in [2.24, 2.45) is 0 Å². The summed E-state index contributed by atoms with van der Waals surface area (Å²) in [6, 6.07) is 1.94. The van der Waals surface area contributed by atoms with Crippen LogP contribution in [0.15, 0.2) is 29.1 Å². The summed E-state index contributed by atoms with van der Waals surface area (Å²) in [5.74, 6) is -1.62. The van der Waals surface area contributed by atoms with Crippen LogP contribution in [-0.2, 0) is 0 Å². The van der Waals surface area contributed by atoms with Gasteiger partial charge in [0.25, 0.3) is 11.6 Å². The number of halogens is 1. The van der Waals surface area contributed by atoms with Crippen molar-refractivity contribution in [3.05, 3.63) is 51.7 Å². The van der Waals surface area contributed by atoms with Crippen LogP contribution in [0.25, 0.3) is 0 Å². The standard InChI is InChI=1S/C11H8FN3O4/c1-6-2-8(15(17)18)3-9(10(6)12)11(16)14-7-4-13-19-5-7/h2-5H,1H3,(H,14,16). The number of nitrogens with one attached hydrogen (secondary N) is 1. The molecule has 0 bridgehead atoms. The van der Waals surface area contributed by atoms with Crippen molar-refractivity contribution in [2.45, 2.75) is 6.92 Å². The molecule has 0 aliphatic rings. The molecule has 1 aromatic carbocycles. The zero-order valence-electron chi connectivity index (χ0n) is 9.71. The van der Waals surface area contributed by atoms with Gasteiger partial charge in [0.15, 0.2) is 0 Å². The van der Waals surface area contributed by atoms with Crippen molar-refractivity contribution < 1.29 is 18.6 Å². The number of hydrogen-bond donors (Lipinski definition) is 1. The second-order valence-electron chi connectivity index (χ2n) is 3.75. The van der Waals surface area contributed by atoms with Crippen molar-refractivity contribution in [1.82, 2.24) is 5.16 Å². The maximum atomic E-state index is 13.8. The summed E-state index contributed by atoms with van der Waals surface area (Å²) >= 11 is 0. The molecule has 0 unspecified atom stereocenters. The first-order valence-corrected chi connectivity index (χ1v) is 5.14. The number of nitro benzene ring substituents is 1. The highest BCUT2D eigenvalue weighted by Gasteiger charge is 2.20. The van der Waals surface area contributed by atoms with Crippen LogP contribution in [0.5, 0.6) is 0 Å².